The van der Waals surface area contributed by atoms with Crippen molar-refractivity contribution in [3.63, 3.8) is 0 Å². The summed E-state index contributed by atoms with van der Waals surface area (Å²) in [6, 6.07) is 4.99. The molecule has 0 aromatic carbocycles. The Labute approximate surface area is 105 Å². The number of hydrogen-bond donors (Lipinski definition) is 1. The predicted molar refractivity (Wildman–Crippen MR) is 72.3 cm³/mol. The lowest BCUT2D eigenvalue weighted by molar-refractivity contribution is 0.439. The Morgan fingerprint density at radius 2 is 2.35 bits per heavy atom. The van der Waals surface area contributed by atoms with Gasteiger partial charge in [0.1, 0.15) is 0 Å². The van der Waals surface area contributed by atoms with Crippen LogP contribution in [0.4, 0.5) is 0 Å². The minimum Gasteiger partial charge on any atom is -0.314 e. The second-order valence-corrected chi connectivity index (χ2v) is 5.02. The topological polar surface area (TPSA) is 24.9 Å². The van der Waals surface area contributed by atoms with Gasteiger partial charge in [-0.25, -0.2) is 0 Å². The fraction of sp³-hybridized carbons (Fsp3) is 0.667. The molecule has 1 aromatic rings. The molecule has 1 heterocycles. The lowest BCUT2D eigenvalue weighted by Crippen LogP contribution is -2.28. The first-order chi connectivity index (χ1) is 8.35. The van der Waals surface area contributed by atoms with E-state index in [1.165, 1.54) is 43.4 Å². The Kier molecular flexibility index (Phi) is 4.55. The summed E-state index contributed by atoms with van der Waals surface area (Å²) in [6.07, 6.45) is 8.27. The summed E-state index contributed by atoms with van der Waals surface area (Å²) in [5.41, 5.74) is 2.85. The van der Waals surface area contributed by atoms with Crippen LogP contribution in [-0.4, -0.2) is 17.6 Å². The summed E-state index contributed by atoms with van der Waals surface area (Å²) < 4.78 is 0. The van der Waals surface area contributed by atoms with E-state index < -0.39 is 0 Å². The van der Waals surface area contributed by atoms with E-state index in [2.05, 4.69) is 36.3 Å². The van der Waals surface area contributed by atoms with Gasteiger partial charge < -0.3 is 5.32 Å². The lowest BCUT2D eigenvalue weighted by Gasteiger charge is -2.18. The molecular weight excluding hydrogens is 208 g/mol. The SMILES string of the molecule is CCNC(CC)CCC1CCc2cccnc21. The monoisotopic (exact) mass is 232 g/mol. The smallest absolute Gasteiger partial charge is 0.0466 e. The Hall–Kier alpha value is -0.890. The number of hydrogen-bond acceptors (Lipinski definition) is 2. The van der Waals surface area contributed by atoms with Gasteiger partial charge in [-0.05, 0) is 50.3 Å². The summed E-state index contributed by atoms with van der Waals surface area (Å²) in [7, 11) is 0. The molecule has 0 saturated carbocycles. The van der Waals surface area contributed by atoms with Crippen LogP contribution in [0.2, 0.25) is 0 Å². The summed E-state index contributed by atoms with van der Waals surface area (Å²) in [4.78, 5) is 4.57. The maximum Gasteiger partial charge on any atom is 0.0466 e. The van der Waals surface area contributed by atoms with E-state index >= 15 is 0 Å². The normalized spacial score (nSPS) is 20.2. The van der Waals surface area contributed by atoms with Gasteiger partial charge in [0.25, 0.3) is 0 Å². The summed E-state index contributed by atoms with van der Waals surface area (Å²) in [5.74, 6) is 0.707. The molecule has 0 aliphatic heterocycles. The first-order valence-corrected chi connectivity index (χ1v) is 7.02. The van der Waals surface area contributed by atoms with Crippen LogP contribution >= 0.6 is 0 Å². The minimum absolute atomic E-state index is 0.688. The molecule has 1 aliphatic rings. The van der Waals surface area contributed by atoms with Crippen LogP contribution in [0.15, 0.2) is 18.3 Å². The number of fused-ring (bicyclic) bond motifs is 1. The molecule has 1 N–H and O–H groups in total. The van der Waals surface area contributed by atoms with Gasteiger partial charge in [-0.2, -0.15) is 0 Å². The van der Waals surface area contributed by atoms with Gasteiger partial charge in [-0.15, -0.1) is 0 Å². The highest BCUT2D eigenvalue weighted by Gasteiger charge is 2.23. The van der Waals surface area contributed by atoms with Crippen molar-refractivity contribution in [2.75, 3.05) is 6.54 Å². The van der Waals surface area contributed by atoms with Gasteiger partial charge in [-0.3, -0.25) is 4.98 Å². The second kappa shape index (κ2) is 6.15. The first kappa shape index (κ1) is 12.6. The molecule has 0 fully saturated rings. The molecule has 2 nitrogen and oxygen atoms in total. The van der Waals surface area contributed by atoms with Gasteiger partial charge in [0, 0.05) is 23.9 Å². The molecular formula is C15H24N2. The standard InChI is InChI=1S/C15H24N2/c1-3-14(16-4-2)10-9-13-8-7-12-6-5-11-17-15(12)13/h5-6,11,13-14,16H,3-4,7-10H2,1-2H3. The van der Waals surface area contributed by atoms with Crippen LogP contribution in [-0.2, 0) is 6.42 Å². The highest BCUT2D eigenvalue weighted by atomic mass is 14.9. The van der Waals surface area contributed by atoms with Crippen molar-refractivity contribution >= 4 is 0 Å². The summed E-state index contributed by atoms with van der Waals surface area (Å²) in [5, 5.41) is 3.56. The quantitative estimate of drug-likeness (QED) is 0.814. The molecule has 2 rings (SSSR count). The van der Waals surface area contributed by atoms with E-state index in [0.29, 0.717) is 12.0 Å². The molecule has 2 atom stereocenters. The zero-order valence-corrected chi connectivity index (χ0v) is 11.1. The highest BCUT2D eigenvalue weighted by Crippen LogP contribution is 2.34. The first-order valence-electron chi connectivity index (χ1n) is 7.02. The number of nitrogens with zero attached hydrogens (tertiary/aromatic N) is 1. The molecule has 0 amide bonds. The van der Waals surface area contributed by atoms with Crippen molar-refractivity contribution in [1.29, 1.82) is 0 Å². The summed E-state index contributed by atoms with van der Waals surface area (Å²) in [6.45, 7) is 5.54. The van der Waals surface area contributed by atoms with E-state index in [1.807, 2.05) is 6.20 Å². The van der Waals surface area contributed by atoms with Crippen LogP contribution in [0, 0.1) is 0 Å². The molecule has 17 heavy (non-hydrogen) atoms. The highest BCUT2D eigenvalue weighted by molar-refractivity contribution is 5.28. The summed E-state index contributed by atoms with van der Waals surface area (Å²) >= 11 is 0. The van der Waals surface area contributed by atoms with Crippen molar-refractivity contribution in [3.05, 3.63) is 29.6 Å². The molecule has 0 saturated heterocycles. The van der Waals surface area contributed by atoms with Gasteiger partial charge in [0.2, 0.25) is 0 Å². The second-order valence-electron chi connectivity index (χ2n) is 5.02. The fourth-order valence-corrected chi connectivity index (χ4v) is 2.92. The average molecular weight is 232 g/mol. The minimum atomic E-state index is 0.688. The van der Waals surface area contributed by atoms with Crippen LogP contribution in [0.5, 0.6) is 0 Å². The fourth-order valence-electron chi connectivity index (χ4n) is 2.92. The third-order valence-electron chi connectivity index (χ3n) is 3.92. The van der Waals surface area contributed by atoms with Crippen molar-refractivity contribution in [1.82, 2.24) is 10.3 Å². The van der Waals surface area contributed by atoms with Crippen LogP contribution in [0.1, 0.15) is 56.7 Å². The van der Waals surface area contributed by atoms with Gasteiger partial charge in [0.15, 0.2) is 0 Å². The molecule has 1 aromatic heterocycles. The maximum absolute atomic E-state index is 4.57. The third kappa shape index (κ3) is 3.06. The van der Waals surface area contributed by atoms with Crippen molar-refractivity contribution < 1.29 is 0 Å². The van der Waals surface area contributed by atoms with Crippen LogP contribution < -0.4 is 5.32 Å². The average Bonchev–Trinajstić information content (AvgIpc) is 2.78. The molecule has 0 radical (unpaired) electrons. The van der Waals surface area contributed by atoms with Gasteiger partial charge in [0.05, 0.1) is 0 Å². The Balaban J connectivity index is 1.89. The lowest BCUT2D eigenvalue weighted by atomic mass is 9.96. The van der Waals surface area contributed by atoms with Crippen LogP contribution in [0.3, 0.4) is 0 Å². The number of pyridine rings is 1. The van der Waals surface area contributed by atoms with E-state index in [-0.39, 0.29) is 0 Å². The Bertz CT molecular complexity index is 349. The van der Waals surface area contributed by atoms with Crippen LogP contribution in [0.25, 0.3) is 0 Å². The largest absolute Gasteiger partial charge is 0.314 e. The number of aromatic nitrogens is 1. The number of rotatable bonds is 6. The third-order valence-corrected chi connectivity index (χ3v) is 3.92. The van der Waals surface area contributed by atoms with Gasteiger partial charge in [-0.1, -0.05) is 19.9 Å². The van der Waals surface area contributed by atoms with Crippen molar-refractivity contribution in [3.8, 4) is 0 Å². The van der Waals surface area contributed by atoms with E-state index in [0.717, 1.165) is 6.54 Å². The van der Waals surface area contributed by atoms with E-state index in [1.54, 1.807) is 0 Å². The van der Waals surface area contributed by atoms with Gasteiger partial charge >= 0.3 is 0 Å². The molecule has 0 spiro atoms. The molecule has 1 aliphatic carbocycles. The molecule has 0 bridgehead atoms. The molecule has 94 valence electrons. The number of nitrogens with one attached hydrogen (secondary N) is 1. The Morgan fingerprint density at radius 1 is 1.47 bits per heavy atom. The van der Waals surface area contributed by atoms with Crippen molar-refractivity contribution in [2.45, 2.75) is 57.9 Å². The van der Waals surface area contributed by atoms with E-state index in [4.69, 9.17) is 0 Å². The van der Waals surface area contributed by atoms with Crippen molar-refractivity contribution in [2.24, 2.45) is 0 Å². The van der Waals surface area contributed by atoms with E-state index in [9.17, 15) is 0 Å². The zero-order chi connectivity index (χ0) is 12.1. The molecule has 2 heteroatoms. The zero-order valence-electron chi connectivity index (χ0n) is 11.1. The number of aryl methyl sites for hydroxylation is 1. The predicted octanol–water partition coefficient (Wildman–Crippen LogP) is 3.28. The Morgan fingerprint density at radius 3 is 3.12 bits per heavy atom. The maximum atomic E-state index is 4.57. The molecule has 2 unspecified atom stereocenters.